The maximum absolute atomic E-state index is 4.43. The summed E-state index contributed by atoms with van der Waals surface area (Å²) in [5.74, 6) is 0. The second-order valence-electron chi connectivity index (χ2n) is 1.49. The molecule has 0 radical (unpaired) electrons. The molecule has 0 aliphatic carbocycles. The maximum Gasteiger partial charge on any atom is 0.0855 e. The number of hydrogen-bond acceptors (Lipinski definition) is 4. The summed E-state index contributed by atoms with van der Waals surface area (Å²) in [5, 5.41) is 8.10. The average molecular weight is 120 g/mol. The summed E-state index contributed by atoms with van der Waals surface area (Å²) in [6, 6.07) is 0. The lowest BCUT2D eigenvalue weighted by atomic mass is 10.3. The predicted octanol–water partition coefficient (Wildman–Crippen LogP) is 0.592. The molecule has 1 aliphatic heterocycles. The van der Waals surface area contributed by atoms with Crippen LogP contribution in [0, 0.1) is 0 Å². The van der Waals surface area contributed by atoms with Crippen molar-refractivity contribution >= 4 is 0 Å². The van der Waals surface area contributed by atoms with Crippen LogP contribution < -0.4 is 0 Å². The summed E-state index contributed by atoms with van der Waals surface area (Å²) >= 11 is 0. The van der Waals surface area contributed by atoms with Crippen molar-refractivity contribution in [1.29, 1.82) is 0 Å². The van der Waals surface area contributed by atoms with Crippen LogP contribution in [-0.2, 0) is 19.9 Å². The highest BCUT2D eigenvalue weighted by Gasteiger charge is 1.97. The second kappa shape index (κ2) is 3.80. The number of rotatable bonds is 0. The van der Waals surface area contributed by atoms with Crippen LogP contribution in [0.2, 0.25) is 0 Å². The van der Waals surface area contributed by atoms with E-state index in [9.17, 15) is 0 Å². The van der Waals surface area contributed by atoms with Crippen LogP contribution in [0.1, 0.15) is 12.8 Å². The van der Waals surface area contributed by atoms with Crippen LogP contribution >= 0.6 is 0 Å². The minimum atomic E-state index is 0.573. The Kier molecular flexibility index (Phi) is 2.83. The van der Waals surface area contributed by atoms with Crippen LogP contribution in [0.5, 0.6) is 0 Å². The fourth-order valence-electron chi connectivity index (χ4n) is 0.429. The van der Waals surface area contributed by atoms with Crippen LogP contribution in [0.3, 0.4) is 0 Å². The largest absolute Gasteiger partial charge is 0.204 e. The molecule has 0 saturated carbocycles. The first kappa shape index (κ1) is 5.97. The zero-order chi connectivity index (χ0) is 5.66. The zero-order valence-electron chi connectivity index (χ0n) is 4.46. The monoisotopic (exact) mass is 120 g/mol. The first-order valence-corrected chi connectivity index (χ1v) is 2.58. The minimum Gasteiger partial charge on any atom is -0.204 e. The molecule has 0 amide bonds. The van der Waals surface area contributed by atoms with Gasteiger partial charge in [0.1, 0.15) is 0 Å². The van der Waals surface area contributed by atoms with E-state index in [1.165, 1.54) is 0 Å². The molecule has 1 heterocycles. The summed E-state index contributed by atoms with van der Waals surface area (Å²) < 4.78 is 0. The van der Waals surface area contributed by atoms with Crippen molar-refractivity contribution in [3.63, 3.8) is 0 Å². The van der Waals surface area contributed by atoms with Gasteiger partial charge in [-0.05, 0) is 22.9 Å². The highest BCUT2D eigenvalue weighted by atomic mass is 17.7. The Bertz CT molecular complexity index is 32.0. The van der Waals surface area contributed by atoms with Crippen LogP contribution in [-0.4, -0.2) is 13.2 Å². The van der Waals surface area contributed by atoms with E-state index in [1.54, 1.807) is 0 Å². The Morgan fingerprint density at radius 2 is 1.25 bits per heavy atom. The highest BCUT2D eigenvalue weighted by molar-refractivity contribution is 4.33. The molecule has 8 heavy (non-hydrogen) atoms. The molecule has 0 aromatic rings. The molecule has 0 atom stereocenters. The van der Waals surface area contributed by atoms with Gasteiger partial charge in [0.25, 0.3) is 0 Å². The van der Waals surface area contributed by atoms with E-state index in [0.29, 0.717) is 13.2 Å². The Balaban J connectivity index is 2.00. The van der Waals surface area contributed by atoms with Gasteiger partial charge in [-0.2, -0.15) is 0 Å². The fraction of sp³-hybridized carbons (Fsp3) is 1.00. The molecule has 0 spiro atoms. The van der Waals surface area contributed by atoms with E-state index >= 15 is 0 Å². The Labute approximate surface area is 47.1 Å². The van der Waals surface area contributed by atoms with E-state index < -0.39 is 0 Å². The molecule has 1 aliphatic rings. The molecular formula is C4H8O4. The maximum atomic E-state index is 4.43. The first-order valence-electron chi connectivity index (χ1n) is 2.58. The van der Waals surface area contributed by atoms with E-state index in [4.69, 9.17) is 0 Å². The lowest BCUT2D eigenvalue weighted by Gasteiger charge is -2.05. The van der Waals surface area contributed by atoms with Gasteiger partial charge in [0, 0.05) is 0 Å². The van der Waals surface area contributed by atoms with E-state index in [-0.39, 0.29) is 0 Å². The molecule has 1 saturated heterocycles. The Morgan fingerprint density at radius 1 is 0.750 bits per heavy atom. The van der Waals surface area contributed by atoms with Gasteiger partial charge in [-0.3, -0.25) is 0 Å². The quantitative estimate of drug-likeness (QED) is 0.438. The molecule has 1 fully saturated rings. The standard InChI is InChI=1S/C4H8O4/c1-2-4-6-8-7-5-3-1/h1-4H2. The predicted molar refractivity (Wildman–Crippen MR) is 23.3 cm³/mol. The topological polar surface area (TPSA) is 36.9 Å². The fourth-order valence-corrected chi connectivity index (χ4v) is 0.429. The van der Waals surface area contributed by atoms with Crippen molar-refractivity contribution in [2.45, 2.75) is 12.8 Å². The van der Waals surface area contributed by atoms with Crippen LogP contribution in [0.4, 0.5) is 0 Å². The minimum absolute atomic E-state index is 0.573. The molecule has 1 rings (SSSR count). The third kappa shape index (κ3) is 2.23. The van der Waals surface area contributed by atoms with Gasteiger partial charge < -0.3 is 0 Å². The Morgan fingerprint density at radius 3 is 1.75 bits per heavy atom. The Hall–Kier alpha value is -0.160. The van der Waals surface area contributed by atoms with Crippen LogP contribution in [0.25, 0.3) is 0 Å². The van der Waals surface area contributed by atoms with Crippen molar-refractivity contribution in [2.24, 2.45) is 0 Å². The van der Waals surface area contributed by atoms with Gasteiger partial charge in [-0.15, -0.1) is 0 Å². The summed E-state index contributed by atoms with van der Waals surface area (Å²) in [5.41, 5.74) is 0. The van der Waals surface area contributed by atoms with E-state index in [2.05, 4.69) is 19.9 Å². The molecule has 4 nitrogen and oxygen atoms in total. The zero-order valence-corrected chi connectivity index (χ0v) is 4.46. The normalized spacial score (nSPS) is 24.0. The molecular weight excluding hydrogens is 112 g/mol. The van der Waals surface area contributed by atoms with Gasteiger partial charge in [0.2, 0.25) is 0 Å². The molecule has 0 aromatic carbocycles. The van der Waals surface area contributed by atoms with Gasteiger partial charge in [-0.25, -0.2) is 9.78 Å². The summed E-state index contributed by atoms with van der Waals surface area (Å²) in [4.78, 5) is 8.85. The smallest absolute Gasteiger partial charge is 0.0855 e. The highest BCUT2D eigenvalue weighted by Crippen LogP contribution is 1.97. The van der Waals surface area contributed by atoms with Gasteiger partial charge in [0.15, 0.2) is 0 Å². The molecule has 0 bridgehead atoms. The lowest BCUT2D eigenvalue weighted by molar-refractivity contribution is -0.638. The summed E-state index contributed by atoms with van der Waals surface area (Å²) in [7, 11) is 0. The molecule has 0 unspecified atom stereocenters. The lowest BCUT2D eigenvalue weighted by Crippen LogP contribution is -2.06. The van der Waals surface area contributed by atoms with Crippen molar-refractivity contribution in [1.82, 2.24) is 0 Å². The second-order valence-corrected chi connectivity index (χ2v) is 1.49. The van der Waals surface area contributed by atoms with Gasteiger partial charge in [-0.1, -0.05) is 0 Å². The first-order chi connectivity index (χ1) is 4.00. The van der Waals surface area contributed by atoms with Gasteiger partial charge in [0.05, 0.1) is 13.2 Å². The molecule has 4 heteroatoms. The number of hydrogen-bond donors (Lipinski definition) is 0. The van der Waals surface area contributed by atoms with Crippen molar-refractivity contribution in [3.8, 4) is 0 Å². The molecule has 0 N–H and O–H groups in total. The van der Waals surface area contributed by atoms with E-state index in [1.807, 2.05) is 0 Å². The average Bonchev–Trinajstić information content (AvgIpc) is 1.62. The third-order valence-corrected chi connectivity index (χ3v) is 0.829. The van der Waals surface area contributed by atoms with Crippen molar-refractivity contribution < 1.29 is 19.9 Å². The van der Waals surface area contributed by atoms with Crippen LogP contribution in [0.15, 0.2) is 0 Å². The van der Waals surface area contributed by atoms with Crippen molar-refractivity contribution in [2.75, 3.05) is 13.2 Å². The SMILES string of the molecule is C1CCOOOOC1. The third-order valence-electron chi connectivity index (χ3n) is 0.829. The molecule has 48 valence electrons. The molecule has 0 aromatic heterocycles. The van der Waals surface area contributed by atoms with Crippen molar-refractivity contribution in [3.05, 3.63) is 0 Å². The summed E-state index contributed by atoms with van der Waals surface area (Å²) in [6.45, 7) is 1.15. The van der Waals surface area contributed by atoms with Gasteiger partial charge >= 0.3 is 0 Å². The van der Waals surface area contributed by atoms with E-state index in [0.717, 1.165) is 12.8 Å². The summed E-state index contributed by atoms with van der Waals surface area (Å²) in [6.07, 6.45) is 1.90.